The molecule has 2 N–H and O–H groups in total. The largest absolute Gasteiger partial charge is 0.461 e. The molecule has 3 aromatic heterocycles. The van der Waals surface area contributed by atoms with Crippen LogP contribution in [-0.2, 0) is 11.3 Å². The van der Waals surface area contributed by atoms with E-state index >= 15 is 0 Å². The monoisotopic (exact) mass is 376 g/mol. The fourth-order valence-corrected chi connectivity index (χ4v) is 3.15. The minimum atomic E-state index is -0.447. The third kappa shape index (κ3) is 3.32. The highest BCUT2D eigenvalue weighted by atomic mass is 16.5. The Bertz CT molecular complexity index is 1090. The van der Waals surface area contributed by atoms with Gasteiger partial charge in [0.2, 0.25) is 0 Å². The van der Waals surface area contributed by atoms with E-state index in [0.717, 1.165) is 28.3 Å². The Morgan fingerprint density at radius 2 is 2.04 bits per heavy atom. The smallest absolute Gasteiger partial charge is 0.357 e. The van der Waals surface area contributed by atoms with Gasteiger partial charge in [-0.25, -0.2) is 9.78 Å². The number of benzene rings is 1. The van der Waals surface area contributed by atoms with Crippen molar-refractivity contribution in [2.45, 2.75) is 20.4 Å². The molecule has 8 nitrogen and oxygen atoms in total. The number of nitrogens with one attached hydrogen (secondary N) is 2. The summed E-state index contributed by atoms with van der Waals surface area (Å²) < 4.78 is 7.14. The number of esters is 1. The number of carbonyl (C=O) groups excluding carboxylic acids is 1. The van der Waals surface area contributed by atoms with Gasteiger partial charge in [0.15, 0.2) is 5.69 Å². The van der Waals surface area contributed by atoms with Crippen molar-refractivity contribution in [3.8, 4) is 22.5 Å². The van der Waals surface area contributed by atoms with Gasteiger partial charge in [-0.15, -0.1) is 0 Å². The number of ether oxygens (including phenoxy) is 1. The first kappa shape index (κ1) is 17.7. The lowest BCUT2D eigenvalue weighted by atomic mass is 10.0. The third-order valence-electron chi connectivity index (χ3n) is 4.35. The normalized spacial score (nSPS) is 10.9. The minimum Gasteiger partial charge on any atom is -0.461 e. The van der Waals surface area contributed by atoms with Crippen LogP contribution in [0.2, 0.25) is 0 Å². The van der Waals surface area contributed by atoms with Crippen molar-refractivity contribution in [2.24, 2.45) is 0 Å². The second-order valence-corrected chi connectivity index (χ2v) is 6.36. The first-order chi connectivity index (χ1) is 13.7. The number of aryl methyl sites for hydroxylation is 1. The molecule has 4 aromatic rings. The van der Waals surface area contributed by atoms with Crippen LogP contribution in [0.3, 0.4) is 0 Å². The van der Waals surface area contributed by atoms with Crippen LogP contribution in [0.4, 0.5) is 0 Å². The molecule has 0 aliphatic heterocycles. The highest BCUT2D eigenvalue weighted by molar-refractivity contribution is 5.96. The van der Waals surface area contributed by atoms with Crippen LogP contribution in [0.25, 0.3) is 22.5 Å². The van der Waals surface area contributed by atoms with E-state index in [-0.39, 0.29) is 6.61 Å². The molecule has 3 heterocycles. The average Bonchev–Trinajstić information content (AvgIpc) is 3.42. The summed E-state index contributed by atoms with van der Waals surface area (Å²) in [6.07, 6.45) is 3.38. The molecular weight excluding hydrogens is 356 g/mol. The molecule has 8 heteroatoms. The Hall–Kier alpha value is -3.68. The molecule has 0 spiro atoms. The van der Waals surface area contributed by atoms with Gasteiger partial charge in [0.25, 0.3) is 0 Å². The van der Waals surface area contributed by atoms with E-state index in [0.29, 0.717) is 17.8 Å². The average molecular weight is 376 g/mol. The van der Waals surface area contributed by atoms with Gasteiger partial charge in [0.1, 0.15) is 0 Å². The molecule has 0 saturated carbocycles. The van der Waals surface area contributed by atoms with Crippen molar-refractivity contribution in [1.29, 1.82) is 0 Å². The SMILES string of the molecule is CCOC(=O)c1[nH]ncc1-c1c(-c2ccccc2)ncn1Cc1cc(C)[nH]n1. The zero-order valence-corrected chi connectivity index (χ0v) is 15.6. The lowest BCUT2D eigenvalue weighted by molar-refractivity contribution is 0.0520. The van der Waals surface area contributed by atoms with Gasteiger partial charge in [0.05, 0.1) is 48.3 Å². The van der Waals surface area contributed by atoms with Gasteiger partial charge in [-0.1, -0.05) is 30.3 Å². The summed E-state index contributed by atoms with van der Waals surface area (Å²) in [5.41, 5.74) is 5.29. The molecular formula is C20H20N6O2. The Morgan fingerprint density at radius 3 is 2.75 bits per heavy atom. The molecule has 0 fully saturated rings. The molecule has 0 atom stereocenters. The molecule has 0 aliphatic carbocycles. The molecule has 0 amide bonds. The van der Waals surface area contributed by atoms with E-state index in [1.807, 2.05) is 47.9 Å². The molecule has 0 radical (unpaired) electrons. The predicted octanol–water partition coefficient (Wildman–Crippen LogP) is 3.20. The number of hydrogen-bond donors (Lipinski definition) is 2. The van der Waals surface area contributed by atoms with E-state index in [9.17, 15) is 4.79 Å². The number of nitrogens with zero attached hydrogens (tertiary/aromatic N) is 4. The van der Waals surface area contributed by atoms with E-state index < -0.39 is 5.97 Å². The van der Waals surface area contributed by atoms with Crippen molar-refractivity contribution in [3.05, 3.63) is 66.0 Å². The number of aromatic amines is 2. The summed E-state index contributed by atoms with van der Waals surface area (Å²) in [6, 6.07) is 11.8. The van der Waals surface area contributed by atoms with Gasteiger partial charge in [0, 0.05) is 11.3 Å². The highest BCUT2D eigenvalue weighted by Gasteiger charge is 2.23. The van der Waals surface area contributed by atoms with Crippen LogP contribution >= 0.6 is 0 Å². The standard InChI is InChI=1S/C20H20N6O2/c1-3-28-20(27)18-16(10-22-25-18)19-17(14-7-5-4-6-8-14)21-12-26(19)11-15-9-13(2)23-24-15/h4-10,12H,3,11H2,1-2H3,(H,22,25)(H,23,24). The fourth-order valence-electron chi connectivity index (χ4n) is 3.15. The van der Waals surface area contributed by atoms with Gasteiger partial charge < -0.3 is 9.30 Å². The van der Waals surface area contributed by atoms with Crippen LogP contribution in [-0.4, -0.2) is 42.5 Å². The second-order valence-electron chi connectivity index (χ2n) is 6.36. The Balaban J connectivity index is 1.85. The van der Waals surface area contributed by atoms with Crippen LogP contribution in [0.5, 0.6) is 0 Å². The van der Waals surface area contributed by atoms with Gasteiger partial charge >= 0.3 is 5.97 Å². The first-order valence-corrected chi connectivity index (χ1v) is 8.99. The number of imidazole rings is 1. The molecule has 0 saturated heterocycles. The van der Waals surface area contributed by atoms with Crippen LogP contribution in [0.15, 0.2) is 48.9 Å². The number of aromatic nitrogens is 6. The van der Waals surface area contributed by atoms with Crippen LogP contribution in [0, 0.1) is 6.92 Å². The summed E-state index contributed by atoms with van der Waals surface area (Å²) in [7, 11) is 0. The second kappa shape index (κ2) is 7.51. The Morgan fingerprint density at radius 1 is 1.21 bits per heavy atom. The predicted molar refractivity (Wildman–Crippen MR) is 104 cm³/mol. The van der Waals surface area contributed by atoms with Crippen molar-refractivity contribution < 1.29 is 9.53 Å². The van der Waals surface area contributed by atoms with Crippen LogP contribution in [0.1, 0.15) is 28.8 Å². The molecule has 0 unspecified atom stereocenters. The van der Waals surface area contributed by atoms with Crippen LogP contribution < -0.4 is 0 Å². The van der Waals surface area contributed by atoms with Gasteiger partial charge in [-0.3, -0.25) is 10.2 Å². The van der Waals surface area contributed by atoms with Gasteiger partial charge in [-0.2, -0.15) is 10.2 Å². The lowest BCUT2D eigenvalue weighted by Gasteiger charge is -2.10. The summed E-state index contributed by atoms with van der Waals surface area (Å²) in [6.45, 7) is 4.52. The van der Waals surface area contributed by atoms with E-state index in [2.05, 4.69) is 25.4 Å². The van der Waals surface area contributed by atoms with Gasteiger partial charge in [-0.05, 0) is 19.9 Å². The number of carbonyl (C=O) groups is 1. The topological polar surface area (TPSA) is 101 Å². The Kier molecular flexibility index (Phi) is 4.76. The van der Waals surface area contributed by atoms with E-state index in [4.69, 9.17) is 4.74 Å². The number of H-pyrrole nitrogens is 2. The fraction of sp³-hybridized carbons (Fsp3) is 0.200. The number of hydrogen-bond acceptors (Lipinski definition) is 5. The highest BCUT2D eigenvalue weighted by Crippen LogP contribution is 2.33. The maximum Gasteiger partial charge on any atom is 0.357 e. The van der Waals surface area contributed by atoms with Crippen molar-refractivity contribution in [3.63, 3.8) is 0 Å². The zero-order chi connectivity index (χ0) is 19.5. The summed E-state index contributed by atoms with van der Waals surface area (Å²) in [5.74, 6) is -0.447. The van der Waals surface area contributed by atoms with E-state index in [1.54, 1.807) is 19.4 Å². The van der Waals surface area contributed by atoms with E-state index in [1.165, 1.54) is 0 Å². The minimum absolute atomic E-state index is 0.286. The molecule has 28 heavy (non-hydrogen) atoms. The quantitative estimate of drug-likeness (QED) is 0.503. The molecule has 1 aromatic carbocycles. The maximum atomic E-state index is 12.4. The molecule has 142 valence electrons. The molecule has 0 aliphatic rings. The molecule has 0 bridgehead atoms. The van der Waals surface area contributed by atoms with Crippen molar-refractivity contribution in [1.82, 2.24) is 29.9 Å². The number of rotatable bonds is 6. The third-order valence-corrected chi connectivity index (χ3v) is 4.35. The lowest BCUT2D eigenvalue weighted by Crippen LogP contribution is -2.08. The molecule has 4 rings (SSSR count). The summed E-state index contributed by atoms with van der Waals surface area (Å²) >= 11 is 0. The Labute approximate surface area is 161 Å². The van der Waals surface area contributed by atoms with Crippen molar-refractivity contribution in [2.75, 3.05) is 6.61 Å². The summed E-state index contributed by atoms with van der Waals surface area (Å²) in [5, 5.41) is 14.1. The van der Waals surface area contributed by atoms with Crippen molar-refractivity contribution >= 4 is 5.97 Å². The summed E-state index contributed by atoms with van der Waals surface area (Å²) in [4.78, 5) is 17.0. The zero-order valence-electron chi connectivity index (χ0n) is 15.6. The maximum absolute atomic E-state index is 12.4. The first-order valence-electron chi connectivity index (χ1n) is 8.99.